The molecule has 0 radical (unpaired) electrons. The number of carbonyl (C=O) groups is 1. The van der Waals surface area contributed by atoms with Gasteiger partial charge < -0.3 is 21.5 Å². The summed E-state index contributed by atoms with van der Waals surface area (Å²) >= 11 is 0. The van der Waals surface area contributed by atoms with E-state index in [1.54, 1.807) is 6.07 Å². The van der Waals surface area contributed by atoms with Crippen LogP contribution in [-0.2, 0) is 13.1 Å². The Morgan fingerprint density at radius 2 is 1.69 bits per heavy atom. The molecule has 5 nitrogen and oxygen atoms in total. The maximum absolute atomic E-state index is 13.6. The normalized spacial score (nSPS) is 13.7. The Bertz CT molecular complexity index is 682. The van der Waals surface area contributed by atoms with Gasteiger partial charge in [-0.1, -0.05) is 43.2 Å². The first-order valence-electron chi connectivity index (χ1n) is 8.82. The third-order valence-electron chi connectivity index (χ3n) is 4.34. The summed E-state index contributed by atoms with van der Waals surface area (Å²) in [6, 6.07) is 16.0. The molecule has 0 spiro atoms. The lowest BCUT2D eigenvalue weighted by Crippen LogP contribution is -2.25. The zero-order valence-electron chi connectivity index (χ0n) is 14.7. The number of hydrogen-bond donors (Lipinski definition) is 4. The van der Waals surface area contributed by atoms with Crippen LogP contribution < -0.4 is 16.4 Å². The van der Waals surface area contributed by atoms with E-state index in [4.69, 9.17) is 9.90 Å². The first kappa shape index (κ1) is 19.7. The van der Waals surface area contributed by atoms with Crippen molar-refractivity contribution in [2.24, 2.45) is 5.73 Å². The Hall–Kier alpha value is -2.60. The molecule has 0 aliphatic heterocycles. The molecule has 1 fully saturated rings. The van der Waals surface area contributed by atoms with Gasteiger partial charge in [-0.3, -0.25) is 0 Å². The summed E-state index contributed by atoms with van der Waals surface area (Å²) in [5.74, 6) is -0.160. The summed E-state index contributed by atoms with van der Waals surface area (Å²) in [4.78, 5) is 8.78. The zero-order valence-corrected chi connectivity index (χ0v) is 14.7. The molecule has 1 saturated carbocycles. The van der Waals surface area contributed by atoms with E-state index in [0.717, 1.165) is 12.2 Å². The summed E-state index contributed by atoms with van der Waals surface area (Å²) in [5.41, 5.74) is 7.03. The average molecular weight is 359 g/mol. The number of hydrogen-bond acceptors (Lipinski definition) is 3. The fraction of sp³-hybridized carbons (Fsp3) is 0.350. The lowest BCUT2D eigenvalue weighted by Gasteiger charge is -2.12. The molecule has 0 atom stereocenters. The molecule has 0 saturated heterocycles. The van der Waals surface area contributed by atoms with Crippen molar-refractivity contribution < 1.29 is 14.3 Å². The van der Waals surface area contributed by atoms with Gasteiger partial charge in [-0.25, -0.2) is 9.18 Å². The van der Waals surface area contributed by atoms with E-state index in [2.05, 4.69) is 40.6 Å². The second-order valence-corrected chi connectivity index (χ2v) is 6.34. The van der Waals surface area contributed by atoms with Crippen LogP contribution in [0.3, 0.4) is 0 Å². The van der Waals surface area contributed by atoms with Crippen molar-refractivity contribution in [2.75, 3.05) is 5.32 Å². The average Bonchev–Trinajstić information content (AvgIpc) is 3.13. The molecule has 0 aromatic heterocycles. The fourth-order valence-corrected chi connectivity index (χ4v) is 2.97. The van der Waals surface area contributed by atoms with Crippen molar-refractivity contribution in [3.8, 4) is 0 Å². The van der Waals surface area contributed by atoms with Crippen LogP contribution in [0.5, 0.6) is 0 Å². The van der Waals surface area contributed by atoms with Gasteiger partial charge in [0.05, 0.1) is 0 Å². The predicted octanol–water partition coefficient (Wildman–Crippen LogP) is 4.09. The maximum atomic E-state index is 13.6. The van der Waals surface area contributed by atoms with Gasteiger partial charge in [-0.05, 0) is 36.6 Å². The molecule has 2 aromatic carbocycles. The summed E-state index contributed by atoms with van der Waals surface area (Å²) in [6.45, 7) is 1.44. The van der Waals surface area contributed by atoms with Crippen molar-refractivity contribution in [2.45, 2.75) is 44.8 Å². The molecule has 1 aliphatic carbocycles. The van der Waals surface area contributed by atoms with Gasteiger partial charge in [0.15, 0.2) is 0 Å². The number of nitrogens with two attached hydrogens (primary N) is 1. The minimum absolute atomic E-state index is 0.160. The molecule has 5 N–H and O–H groups in total. The van der Waals surface area contributed by atoms with Crippen LogP contribution in [-0.4, -0.2) is 17.2 Å². The van der Waals surface area contributed by atoms with Crippen molar-refractivity contribution >= 4 is 11.8 Å². The van der Waals surface area contributed by atoms with Gasteiger partial charge in [0.25, 0.3) is 0 Å². The standard InChI is InChI=1S/C19H23FN2.CH3NO2/c20-19-8-4-1-5-16(19)14-22-18-11-9-15(10-12-18)13-21-17-6-2-3-7-17;2-1(3)4/h1,4-5,8-12,17,21-22H,2-3,6-7,13-14H2;2H2,(H,3,4). The fourth-order valence-electron chi connectivity index (χ4n) is 2.97. The molecule has 3 rings (SSSR count). The lowest BCUT2D eigenvalue weighted by atomic mass is 10.1. The predicted molar refractivity (Wildman–Crippen MR) is 101 cm³/mol. The van der Waals surface area contributed by atoms with Gasteiger partial charge in [-0.2, -0.15) is 0 Å². The molecule has 0 bridgehead atoms. The molecular formula is C20H26FN3O2. The first-order valence-corrected chi connectivity index (χ1v) is 8.82. The molecule has 6 heteroatoms. The highest BCUT2D eigenvalue weighted by Crippen LogP contribution is 2.18. The number of amides is 1. The maximum Gasteiger partial charge on any atom is 0.402 e. The number of nitrogens with one attached hydrogen (secondary N) is 2. The van der Waals surface area contributed by atoms with Gasteiger partial charge in [-0.15, -0.1) is 0 Å². The number of benzene rings is 2. The van der Waals surface area contributed by atoms with E-state index in [1.807, 2.05) is 12.1 Å². The van der Waals surface area contributed by atoms with E-state index < -0.39 is 6.09 Å². The Kier molecular flexibility index (Phi) is 7.89. The van der Waals surface area contributed by atoms with Crippen LogP contribution in [0.1, 0.15) is 36.8 Å². The van der Waals surface area contributed by atoms with E-state index in [0.29, 0.717) is 18.2 Å². The molecular weight excluding hydrogens is 333 g/mol. The highest BCUT2D eigenvalue weighted by Gasteiger charge is 2.13. The largest absolute Gasteiger partial charge is 0.465 e. The van der Waals surface area contributed by atoms with E-state index in [-0.39, 0.29) is 5.82 Å². The molecule has 140 valence electrons. The smallest absolute Gasteiger partial charge is 0.402 e. The van der Waals surface area contributed by atoms with Crippen LogP contribution in [0, 0.1) is 5.82 Å². The van der Waals surface area contributed by atoms with E-state index in [1.165, 1.54) is 37.3 Å². The molecule has 26 heavy (non-hydrogen) atoms. The lowest BCUT2D eigenvalue weighted by molar-refractivity contribution is 0.205. The van der Waals surface area contributed by atoms with Gasteiger partial charge in [0.2, 0.25) is 0 Å². The van der Waals surface area contributed by atoms with Crippen LogP contribution in [0.2, 0.25) is 0 Å². The van der Waals surface area contributed by atoms with Gasteiger partial charge >= 0.3 is 6.09 Å². The third kappa shape index (κ3) is 7.11. The van der Waals surface area contributed by atoms with Crippen molar-refractivity contribution in [1.82, 2.24) is 5.32 Å². The summed E-state index contributed by atoms with van der Waals surface area (Å²) < 4.78 is 13.6. The number of anilines is 1. The van der Waals surface area contributed by atoms with E-state index >= 15 is 0 Å². The minimum Gasteiger partial charge on any atom is -0.465 e. The summed E-state index contributed by atoms with van der Waals surface area (Å²) in [6.07, 6.45) is 4.00. The Balaban J connectivity index is 0.000000552. The summed E-state index contributed by atoms with van der Waals surface area (Å²) in [5, 5.41) is 14.1. The highest BCUT2D eigenvalue weighted by molar-refractivity contribution is 5.61. The van der Waals surface area contributed by atoms with Gasteiger partial charge in [0, 0.05) is 30.4 Å². The van der Waals surface area contributed by atoms with Crippen molar-refractivity contribution in [1.29, 1.82) is 0 Å². The topological polar surface area (TPSA) is 87.4 Å². The van der Waals surface area contributed by atoms with Crippen molar-refractivity contribution in [3.05, 3.63) is 65.5 Å². The molecule has 1 amide bonds. The number of halogens is 1. The second kappa shape index (κ2) is 10.4. The van der Waals surface area contributed by atoms with Gasteiger partial charge in [0.1, 0.15) is 5.82 Å². The Morgan fingerprint density at radius 1 is 1.08 bits per heavy atom. The quantitative estimate of drug-likeness (QED) is 0.625. The van der Waals surface area contributed by atoms with E-state index in [9.17, 15) is 4.39 Å². The SMILES string of the molecule is Fc1ccccc1CNc1ccc(CNC2CCCC2)cc1.NC(=O)O. The summed E-state index contributed by atoms with van der Waals surface area (Å²) in [7, 11) is 0. The zero-order chi connectivity index (χ0) is 18.8. The van der Waals surface area contributed by atoms with Crippen LogP contribution in [0.4, 0.5) is 14.9 Å². The Morgan fingerprint density at radius 3 is 2.31 bits per heavy atom. The first-order chi connectivity index (χ1) is 12.5. The van der Waals surface area contributed by atoms with Crippen molar-refractivity contribution in [3.63, 3.8) is 0 Å². The Labute approximate surface area is 153 Å². The molecule has 0 heterocycles. The molecule has 1 aliphatic rings. The third-order valence-corrected chi connectivity index (χ3v) is 4.34. The monoisotopic (exact) mass is 359 g/mol. The highest BCUT2D eigenvalue weighted by atomic mass is 19.1. The second-order valence-electron chi connectivity index (χ2n) is 6.34. The van der Waals surface area contributed by atoms with Crippen LogP contribution in [0.15, 0.2) is 48.5 Å². The number of primary amides is 1. The number of carboxylic acid groups (broad SMARTS) is 1. The molecule has 2 aromatic rings. The molecule has 0 unspecified atom stereocenters. The van der Waals surface area contributed by atoms with Crippen LogP contribution in [0.25, 0.3) is 0 Å². The van der Waals surface area contributed by atoms with Crippen LogP contribution >= 0.6 is 0 Å². The number of rotatable bonds is 6. The minimum atomic E-state index is -1.33.